The van der Waals surface area contributed by atoms with Crippen molar-refractivity contribution >= 4 is 27.8 Å². The second-order valence-corrected chi connectivity index (χ2v) is 8.96. The molecule has 3 aromatic carbocycles. The first-order valence-corrected chi connectivity index (χ1v) is 11.9. The van der Waals surface area contributed by atoms with Crippen LogP contribution in [0.3, 0.4) is 0 Å². The fourth-order valence-electron chi connectivity index (χ4n) is 4.57. The number of para-hydroxylation sites is 1. The quantitative estimate of drug-likeness (QED) is 0.367. The molecule has 1 N–H and O–H groups in total. The minimum atomic E-state index is -0.153. The molecule has 5 aromatic rings. The number of benzene rings is 3. The molecular formula is C29H28N4O2. The van der Waals surface area contributed by atoms with Gasteiger partial charge >= 0.3 is 0 Å². The zero-order valence-corrected chi connectivity index (χ0v) is 19.7. The Labute approximate surface area is 203 Å². The zero-order chi connectivity index (χ0) is 24.2. The van der Waals surface area contributed by atoms with E-state index in [0.29, 0.717) is 17.6 Å². The summed E-state index contributed by atoms with van der Waals surface area (Å²) in [5.74, 6) is -0.119. The predicted octanol–water partition coefficient (Wildman–Crippen LogP) is 4.54. The van der Waals surface area contributed by atoms with Gasteiger partial charge in [-0.25, -0.2) is 4.98 Å². The zero-order valence-electron chi connectivity index (χ0n) is 19.7. The smallest absolute Gasteiger partial charge is 0.278 e. The molecule has 6 nitrogen and oxygen atoms in total. The van der Waals surface area contributed by atoms with E-state index in [-0.39, 0.29) is 24.1 Å². The second-order valence-electron chi connectivity index (χ2n) is 8.96. The number of amides is 1. The molecule has 6 heteroatoms. The van der Waals surface area contributed by atoms with Gasteiger partial charge in [0.15, 0.2) is 0 Å². The van der Waals surface area contributed by atoms with Crippen LogP contribution in [0.4, 0.5) is 0 Å². The highest BCUT2D eigenvalue weighted by Crippen LogP contribution is 2.25. The van der Waals surface area contributed by atoms with E-state index in [1.807, 2.05) is 79.7 Å². The number of carbonyl (C=O) groups is 1. The van der Waals surface area contributed by atoms with Gasteiger partial charge in [-0.15, -0.1) is 0 Å². The highest BCUT2D eigenvalue weighted by Gasteiger charge is 2.19. The molecule has 0 saturated carbocycles. The van der Waals surface area contributed by atoms with E-state index in [1.54, 1.807) is 15.5 Å². The maximum Gasteiger partial charge on any atom is 0.278 e. The second kappa shape index (κ2) is 9.97. The Balaban J connectivity index is 1.42. The third-order valence-corrected chi connectivity index (χ3v) is 6.35. The van der Waals surface area contributed by atoms with E-state index < -0.39 is 0 Å². The van der Waals surface area contributed by atoms with Crippen molar-refractivity contribution in [3.05, 3.63) is 113 Å². The van der Waals surface area contributed by atoms with Crippen molar-refractivity contribution in [2.24, 2.45) is 0 Å². The third kappa shape index (κ3) is 4.87. The number of nitrogens with one attached hydrogen (secondary N) is 1. The summed E-state index contributed by atoms with van der Waals surface area (Å²) < 4.78 is 3.41. The van der Waals surface area contributed by atoms with Gasteiger partial charge in [-0.3, -0.25) is 14.2 Å². The lowest BCUT2D eigenvalue weighted by atomic mass is 10.1. The van der Waals surface area contributed by atoms with Gasteiger partial charge in [-0.1, -0.05) is 78.9 Å². The average molecular weight is 465 g/mol. The van der Waals surface area contributed by atoms with E-state index in [2.05, 4.69) is 22.4 Å². The Kier molecular flexibility index (Phi) is 6.44. The number of carbonyl (C=O) groups excluding carboxylic acids is 1. The Morgan fingerprint density at radius 2 is 1.57 bits per heavy atom. The Morgan fingerprint density at radius 3 is 2.31 bits per heavy atom. The number of aromatic nitrogens is 3. The molecule has 1 amide bonds. The van der Waals surface area contributed by atoms with Gasteiger partial charge in [0, 0.05) is 11.4 Å². The minimum absolute atomic E-state index is 0.0173. The molecule has 0 saturated heterocycles. The molecule has 5 rings (SSSR count). The van der Waals surface area contributed by atoms with Crippen molar-refractivity contribution in [2.45, 2.75) is 38.9 Å². The molecule has 2 aromatic heterocycles. The van der Waals surface area contributed by atoms with Crippen LogP contribution in [0.15, 0.2) is 96.1 Å². The summed E-state index contributed by atoms with van der Waals surface area (Å²) in [5, 5.41) is 3.97. The number of nitrogens with zero attached hydrogens (tertiary/aromatic N) is 3. The van der Waals surface area contributed by atoms with Gasteiger partial charge in [0.2, 0.25) is 5.91 Å². The van der Waals surface area contributed by atoms with Crippen molar-refractivity contribution in [1.82, 2.24) is 19.4 Å². The normalized spacial score (nSPS) is 12.1. The molecule has 2 heterocycles. The Hall–Kier alpha value is -4.19. The fourth-order valence-corrected chi connectivity index (χ4v) is 4.57. The predicted molar refractivity (Wildman–Crippen MR) is 139 cm³/mol. The summed E-state index contributed by atoms with van der Waals surface area (Å²) in [5.41, 5.74) is 4.03. The maximum absolute atomic E-state index is 13.6. The van der Waals surface area contributed by atoms with Crippen LogP contribution < -0.4 is 10.9 Å². The highest BCUT2D eigenvalue weighted by atomic mass is 16.2. The van der Waals surface area contributed by atoms with Crippen LogP contribution >= 0.6 is 0 Å². The van der Waals surface area contributed by atoms with E-state index >= 15 is 0 Å². The molecule has 0 aliphatic carbocycles. The van der Waals surface area contributed by atoms with E-state index in [0.717, 1.165) is 29.3 Å². The molecule has 35 heavy (non-hydrogen) atoms. The first-order valence-electron chi connectivity index (χ1n) is 11.9. The van der Waals surface area contributed by atoms with Gasteiger partial charge in [-0.2, -0.15) is 0 Å². The average Bonchev–Trinajstić information content (AvgIpc) is 3.20. The standard InChI is InChI=1S/C29H28N4O2/c1-21(16-17-22-10-4-2-5-11-22)31-26(34)19-33-25-15-9-8-14-24(25)27-28(33)29(35)32(20-30-27)18-23-12-6-3-7-13-23/h2-15,20-21H,16-19H2,1H3,(H,31,34)/t21-/m1/s1. The van der Waals surface area contributed by atoms with Crippen LogP contribution in [0.5, 0.6) is 0 Å². The topological polar surface area (TPSA) is 68.9 Å². The molecule has 0 bridgehead atoms. The lowest BCUT2D eigenvalue weighted by Crippen LogP contribution is -2.36. The van der Waals surface area contributed by atoms with Gasteiger partial charge in [-0.05, 0) is 37.0 Å². The summed E-state index contributed by atoms with van der Waals surface area (Å²) >= 11 is 0. The van der Waals surface area contributed by atoms with Crippen LogP contribution in [0, 0.1) is 0 Å². The lowest BCUT2D eigenvalue weighted by Gasteiger charge is -2.15. The van der Waals surface area contributed by atoms with Crippen LogP contribution in [0.25, 0.3) is 21.9 Å². The van der Waals surface area contributed by atoms with Crippen molar-refractivity contribution < 1.29 is 4.79 Å². The van der Waals surface area contributed by atoms with E-state index in [4.69, 9.17) is 0 Å². The van der Waals surface area contributed by atoms with E-state index in [1.165, 1.54) is 5.56 Å². The number of aryl methyl sites for hydroxylation is 1. The monoisotopic (exact) mass is 464 g/mol. The fraction of sp³-hybridized carbons (Fsp3) is 0.207. The molecule has 176 valence electrons. The molecule has 0 fully saturated rings. The van der Waals surface area contributed by atoms with Crippen LogP contribution in [0.2, 0.25) is 0 Å². The molecule has 0 aliphatic rings. The van der Waals surface area contributed by atoms with Crippen molar-refractivity contribution in [2.75, 3.05) is 0 Å². The van der Waals surface area contributed by atoms with Crippen molar-refractivity contribution in [3.63, 3.8) is 0 Å². The number of rotatable bonds is 8. The number of hydrogen-bond acceptors (Lipinski definition) is 3. The Bertz CT molecular complexity index is 1520. The van der Waals surface area contributed by atoms with Crippen LogP contribution in [0.1, 0.15) is 24.5 Å². The van der Waals surface area contributed by atoms with Crippen molar-refractivity contribution in [1.29, 1.82) is 0 Å². The van der Waals surface area contributed by atoms with E-state index in [9.17, 15) is 9.59 Å². The summed E-state index contributed by atoms with van der Waals surface area (Å²) in [7, 11) is 0. The Morgan fingerprint density at radius 1 is 0.914 bits per heavy atom. The number of fused-ring (bicyclic) bond motifs is 3. The first kappa shape index (κ1) is 22.6. The molecule has 0 aliphatic heterocycles. The number of hydrogen-bond donors (Lipinski definition) is 1. The molecule has 0 unspecified atom stereocenters. The summed E-state index contributed by atoms with van der Waals surface area (Å²) in [6, 6.07) is 27.8. The van der Waals surface area contributed by atoms with Crippen LogP contribution in [-0.2, 0) is 24.3 Å². The lowest BCUT2D eigenvalue weighted by molar-refractivity contribution is -0.122. The summed E-state index contributed by atoms with van der Waals surface area (Å²) in [6.07, 6.45) is 3.33. The minimum Gasteiger partial charge on any atom is -0.352 e. The summed E-state index contributed by atoms with van der Waals surface area (Å²) in [4.78, 5) is 31.2. The largest absolute Gasteiger partial charge is 0.352 e. The summed E-state index contributed by atoms with van der Waals surface area (Å²) in [6.45, 7) is 2.50. The maximum atomic E-state index is 13.6. The van der Waals surface area contributed by atoms with Gasteiger partial charge in [0.05, 0.1) is 18.4 Å². The molecule has 0 radical (unpaired) electrons. The molecule has 1 atom stereocenters. The third-order valence-electron chi connectivity index (χ3n) is 6.35. The van der Waals surface area contributed by atoms with Crippen LogP contribution in [-0.4, -0.2) is 26.1 Å². The highest BCUT2D eigenvalue weighted by molar-refractivity contribution is 6.06. The van der Waals surface area contributed by atoms with Gasteiger partial charge < -0.3 is 9.88 Å². The van der Waals surface area contributed by atoms with Gasteiger partial charge in [0.25, 0.3) is 5.56 Å². The first-order chi connectivity index (χ1) is 17.1. The molecular weight excluding hydrogens is 436 g/mol. The van der Waals surface area contributed by atoms with Crippen molar-refractivity contribution in [3.8, 4) is 0 Å². The van der Waals surface area contributed by atoms with Gasteiger partial charge in [0.1, 0.15) is 17.6 Å². The SMILES string of the molecule is C[C@H](CCc1ccccc1)NC(=O)Cn1c2ccccc2c2ncn(Cc3ccccc3)c(=O)c21. The molecule has 0 spiro atoms.